The Morgan fingerprint density at radius 2 is 1.54 bits per heavy atom. The molecule has 0 saturated heterocycles. The van der Waals surface area contributed by atoms with Crippen molar-refractivity contribution in [1.82, 2.24) is 0 Å². The highest BCUT2D eigenvalue weighted by Crippen LogP contribution is 2.36. The van der Waals surface area contributed by atoms with Crippen molar-refractivity contribution >= 4 is 0 Å². The Hall–Kier alpha value is -2.37. The Morgan fingerprint density at radius 1 is 0.893 bits per heavy atom. The van der Waals surface area contributed by atoms with Crippen LogP contribution in [0.5, 0.6) is 0 Å². The Morgan fingerprint density at radius 3 is 2.07 bits per heavy atom. The Bertz CT molecular complexity index is 844. The van der Waals surface area contributed by atoms with Gasteiger partial charge in [0.25, 0.3) is 0 Å². The lowest BCUT2D eigenvalue weighted by molar-refractivity contribution is 0.118. The number of rotatable bonds is 6. The van der Waals surface area contributed by atoms with Gasteiger partial charge in [0.1, 0.15) is 17.7 Å². The summed E-state index contributed by atoms with van der Waals surface area (Å²) in [6, 6.07) is 3.33. The lowest BCUT2D eigenvalue weighted by atomic mass is 9.94. The van der Waals surface area contributed by atoms with Gasteiger partial charge >= 0.3 is 0 Å². The summed E-state index contributed by atoms with van der Waals surface area (Å²) in [5.41, 5.74) is 0.485. The van der Waals surface area contributed by atoms with Gasteiger partial charge in [-0.2, -0.15) is 0 Å². The summed E-state index contributed by atoms with van der Waals surface area (Å²) in [7, 11) is 0. The molecule has 0 amide bonds. The van der Waals surface area contributed by atoms with Gasteiger partial charge in [0.05, 0.1) is 11.8 Å². The van der Waals surface area contributed by atoms with E-state index in [-0.39, 0.29) is 0 Å². The van der Waals surface area contributed by atoms with Gasteiger partial charge in [-0.05, 0) is 66.6 Å². The Kier molecular flexibility index (Phi) is 6.37. The van der Waals surface area contributed by atoms with Gasteiger partial charge in [0, 0.05) is 0 Å². The van der Waals surface area contributed by atoms with E-state index in [4.69, 9.17) is 4.74 Å². The number of hydrogen-bond acceptors (Lipinski definition) is 1. The number of unbranched alkanes of at least 4 members (excludes halogenated alkanes) is 2. The van der Waals surface area contributed by atoms with E-state index in [9.17, 15) is 22.0 Å². The average Bonchev–Trinajstić information content (AvgIpc) is 2.66. The number of halogens is 5. The molecule has 1 aliphatic heterocycles. The van der Waals surface area contributed by atoms with Crippen LogP contribution in [-0.4, -0.2) is 0 Å². The first-order valence-electron chi connectivity index (χ1n) is 9.38. The molecule has 0 aliphatic carbocycles. The second kappa shape index (κ2) is 8.76. The topological polar surface area (TPSA) is 9.23 Å². The first kappa shape index (κ1) is 20.4. The van der Waals surface area contributed by atoms with Crippen LogP contribution in [0.15, 0.2) is 36.1 Å². The monoisotopic (exact) mass is 396 g/mol. The fourth-order valence-corrected chi connectivity index (χ4v) is 3.41. The minimum absolute atomic E-state index is 0.311. The molecule has 1 heterocycles. The predicted octanol–water partition coefficient (Wildman–Crippen LogP) is 7.36. The molecule has 3 rings (SSSR count). The van der Waals surface area contributed by atoms with Crippen molar-refractivity contribution in [2.45, 2.75) is 51.6 Å². The van der Waals surface area contributed by atoms with E-state index in [1.54, 1.807) is 6.26 Å². The SMILES string of the molecule is CCCCCC1=COC(c2cc(F)c(-c3cc(F)c(F)c(F)c3)c(F)c2)CC1. The molecule has 0 N–H and O–H groups in total. The normalized spacial score (nSPS) is 16.6. The summed E-state index contributed by atoms with van der Waals surface area (Å²) in [5.74, 6) is -6.66. The largest absolute Gasteiger partial charge is 0.493 e. The molecule has 1 atom stereocenters. The number of allylic oxidation sites excluding steroid dienone is 1. The Labute approximate surface area is 160 Å². The summed E-state index contributed by atoms with van der Waals surface area (Å²) >= 11 is 0. The van der Waals surface area contributed by atoms with Crippen LogP contribution in [0, 0.1) is 29.1 Å². The zero-order valence-electron chi connectivity index (χ0n) is 15.5. The first-order chi connectivity index (χ1) is 13.4. The fraction of sp³-hybridized carbons (Fsp3) is 0.364. The van der Waals surface area contributed by atoms with Crippen LogP contribution in [0.25, 0.3) is 11.1 Å². The zero-order chi connectivity index (χ0) is 20.3. The lowest BCUT2D eigenvalue weighted by Gasteiger charge is -2.24. The van der Waals surface area contributed by atoms with Crippen LogP contribution in [0.2, 0.25) is 0 Å². The van der Waals surface area contributed by atoms with Crippen LogP contribution < -0.4 is 0 Å². The number of hydrogen-bond donors (Lipinski definition) is 0. The molecule has 6 heteroatoms. The maximum Gasteiger partial charge on any atom is 0.194 e. The number of benzene rings is 2. The van der Waals surface area contributed by atoms with Crippen molar-refractivity contribution in [1.29, 1.82) is 0 Å². The molecule has 0 fully saturated rings. The molecule has 2 aromatic rings. The first-order valence-corrected chi connectivity index (χ1v) is 9.38. The van der Waals surface area contributed by atoms with E-state index in [1.807, 2.05) is 0 Å². The third kappa shape index (κ3) is 4.37. The van der Waals surface area contributed by atoms with Gasteiger partial charge in [-0.25, -0.2) is 22.0 Å². The maximum absolute atomic E-state index is 14.5. The molecule has 0 saturated carbocycles. The highest BCUT2D eigenvalue weighted by molar-refractivity contribution is 5.65. The molecule has 0 spiro atoms. The number of ether oxygens (including phenoxy) is 1. The minimum atomic E-state index is -1.68. The standard InChI is InChI=1S/C22H21F5O/c1-2-3-4-5-13-6-7-20(28-12-13)14-8-16(23)21(17(24)9-14)15-10-18(25)22(27)19(26)11-15/h8-12,20H,2-7H2,1H3. The molecule has 0 radical (unpaired) electrons. The van der Waals surface area contributed by atoms with Crippen molar-refractivity contribution in [2.75, 3.05) is 0 Å². The van der Waals surface area contributed by atoms with E-state index in [0.717, 1.165) is 44.2 Å². The molecule has 0 aromatic heterocycles. The van der Waals surface area contributed by atoms with Crippen LogP contribution in [-0.2, 0) is 4.74 Å². The van der Waals surface area contributed by atoms with Gasteiger partial charge in [-0.1, -0.05) is 19.8 Å². The van der Waals surface area contributed by atoms with Crippen molar-refractivity contribution in [3.05, 3.63) is 70.8 Å². The highest BCUT2D eigenvalue weighted by Gasteiger charge is 2.23. The molecule has 1 nitrogen and oxygen atoms in total. The summed E-state index contributed by atoms with van der Waals surface area (Å²) in [6.07, 6.45) is 6.85. The van der Waals surface area contributed by atoms with Gasteiger partial charge in [0.15, 0.2) is 17.5 Å². The summed E-state index contributed by atoms with van der Waals surface area (Å²) in [6.45, 7) is 2.13. The van der Waals surface area contributed by atoms with Gasteiger partial charge < -0.3 is 4.74 Å². The minimum Gasteiger partial charge on any atom is -0.493 e. The molecule has 0 bridgehead atoms. The van der Waals surface area contributed by atoms with E-state index in [0.29, 0.717) is 24.1 Å². The van der Waals surface area contributed by atoms with Crippen molar-refractivity contribution < 1.29 is 26.7 Å². The van der Waals surface area contributed by atoms with Crippen LogP contribution in [0.3, 0.4) is 0 Å². The van der Waals surface area contributed by atoms with Crippen molar-refractivity contribution in [2.24, 2.45) is 0 Å². The predicted molar refractivity (Wildman–Crippen MR) is 97.0 cm³/mol. The zero-order valence-corrected chi connectivity index (χ0v) is 15.5. The van der Waals surface area contributed by atoms with Crippen LogP contribution in [0.4, 0.5) is 22.0 Å². The van der Waals surface area contributed by atoms with Gasteiger partial charge in [-0.15, -0.1) is 0 Å². The smallest absolute Gasteiger partial charge is 0.194 e. The third-order valence-electron chi connectivity index (χ3n) is 4.94. The molecular formula is C22H21F5O. The van der Waals surface area contributed by atoms with E-state index in [1.165, 1.54) is 5.57 Å². The molecular weight excluding hydrogens is 375 g/mol. The maximum atomic E-state index is 14.5. The summed E-state index contributed by atoms with van der Waals surface area (Å²) < 4.78 is 74.7. The van der Waals surface area contributed by atoms with E-state index < -0.39 is 46.3 Å². The summed E-state index contributed by atoms with van der Waals surface area (Å²) in [5, 5.41) is 0. The van der Waals surface area contributed by atoms with Gasteiger partial charge in [0.2, 0.25) is 0 Å². The lowest BCUT2D eigenvalue weighted by Crippen LogP contribution is -2.09. The molecule has 1 unspecified atom stereocenters. The Balaban J connectivity index is 1.82. The van der Waals surface area contributed by atoms with Crippen molar-refractivity contribution in [3.63, 3.8) is 0 Å². The average molecular weight is 396 g/mol. The van der Waals surface area contributed by atoms with Gasteiger partial charge in [-0.3, -0.25) is 0 Å². The second-order valence-electron chi connectivity index (χ2n) is 7.01. The second-order valence-corrected chi connectivity index (χ2v) is 7.01. The highest BCUT2D eigenvalue weighted by atomic mass is 19.2. The third-order valence-corrected chi connectivity index (χ3v) is 4.94. The van der Waals surface area contributed by atoms with Crippen LogP contribution in [0.1, 0.15) is 57.1 Å². The molecule has 2 aromatic carbocycles. The van der Waals surface area contributed by atoms with E-state index >= 15 is 0 Å². The summed E-state index contributed by atoms with van der Waals surface area (Å²) in [4.78, 5) is 0. The molecule has 150 valence electrons. The van der Waals surface area contributed by atoms with Crippen molar-refractivity contribution in [3.8, 4) is 11.1 Å². The van der Waals surface area contributed by atoms with Crippen LogP contribution >= 0.6 is 0 Å². The quantitative estimate of drug-likeness (QED) is 0.281. The van der Waals surface area contributed by atoms with E-state index in [2.05, 4.69) is 6.92 Å². The molecule has 1 aliphatic rings. The molecule has 28 heavy (non-hydrogen) atoms. The fourth-order valence-electron chi connectivity index (χ4n) is 3.41.